The Bertz CT molecular complexity index is 405. The van der Waals surface area contributed by atoms with Crippen LogP contribution in [0.25, 0.3) is 11.3 Å². The van der Waals surface area contributed by atoms with E-state index in [0.29, 0.717) is 11.5 Å². The van der Waals surface area contributed by atoms with Gasteiger partial charge in [0.25, 0.3) is 0 Å². The molecule has 0 saturated carbocycles. The molecule has 0 bridgehead atoms. The van der Waals surface area contributed by atoms with Crippen LogP contribution in [0, 0.1) is 12.7 Å². The van der Waals surface area contributed by atoms with Gasteiger partial charge in [0.05, 0.1) is 0 Å². The van der Waals surface area contributed by atoms with Gasteiger partial charge in [-0.25, -0.2) is 4.39 Å². The van der Waals surface area contributed by atoms with Crippen LogP contribution in [0.2, 0.25) is 0 Å². The van der Waals surface area contributed by atoms with Gasteiger partial charge in [0.1, 0.15) is 17.3 Å². The van der Waals surface area contributed by atoms with Crippen LogP contribution in [0.5, 0.6) is 0 Å². The molecule has 2 rings (SSSR count). The Kier molecular flexibility index (Phi) is 1.85. The molecule has 13 heavy (non-hydrogen) atoms. The lowest BCUT2D eigenvalue weighted by Crippen LogP contribution is -1.77. The van der Waals surface area contributed by atoms with Crippen molar-refractivity contribution in [1.29, 1.82) is 0 Å². The first kappa shape index (κ1) is 7.98. The minimum absolute atomic E-state index is 0.262. The van der Waals surface area contributed by atoms with Gasteiger partial charge in [0.15, 0.2) is 0 Å². The van der Waals surface area contributed by atoms with Gasteiger partial charge in [0, 0.05) is 18.6 Å². The van der Waals surface area contributed by atoms with Crippen molar-refractivity contribution in [3.8, 4) is 11.3 Å². The van der Waals surface area contributed by atoms with Gasteiger partial charge in [-0.1, -0.05) is 5.16 Å². The highest BCUT2D eigenvalue weighted by Gasteiger charge is 2.02. The summed E-state index contributed by atoms with van der Waals surface area (Å²) in [6, 6.07) is 7.76. The van der Waals surface area contributed by atoms with Crippen LogP contribution in [0.3, 0.4) is 0 Å². The Morgan fingerprint density at radius 3 is 2.46 bits per heavy atom. The van der Waals surface area contributed by atoms with E-state index in [9.17, 15) is 4.39 Å². The minimum atomic E-state index is -0.262. The molecule has 0 N–H and O–H groups in total. The number of rotatable bonds is 1. The zero-order valence-corrected chi connectivity index (χ0v) is 6.83. The first-order valence-corrected chi connectivity index (χ1v) is 3.80. The molecule has 0 saturated heterocycles. The van der Waals surface area contributed by atoms with Gasteiger partial charge < -0.3 is 4.52 Å². The molecule has 1 aromatic heterocycles. The zero-order chi connectivity index (χ0) is 9.26. The molecular weight excluding hydrogens is 169 g/mol. The van der Waals surface area contributed by atoms with Crippen LogP contribution in [-0.4, -0.2) is 5.16 Å². The third-order valence-corrected chi connectivity index (χ3v) is 1.70. The van der Waals surface area contributed by atoms with Gasteiger partial charge in [-0.2, -0.15) is 0 Å². The standard InChI is InChI=1S/C10H7FNO/c1-7-6-10(12-13-7)8-2-4-9(11)5-3-8/h2-6H,1H2. The first-order valence-electron chi connectivity index (χ1n) is 3.80. The van der Waals surface area contributed by atoms with Gasteiger partial charge in [-0.15, -0.1) is 0 Å². The Morgan fingerprint density at radius 2 is 1.92 bits per heavy atom. The van der Waals surface area contributed by atoms with E-state index >= 15 is 0 Å². The van der Waals surface area contributed by atoms with E-state index in [1.54, 1.807) is 18.2 Å². The van der Waals surface area contributed by atoms with Crippen molar-refractivity contribution < 1.29 is 8.91 Å². The summed E-state index contributed by atoms with van der Waals surface area (Å²) in [5, 5.41) is 3.76. The molecule has 0 aliphatic carbocycles. The van der Waals surface area contributed by atoms with E-state index < -0.39 is 0 Å². The Balaban J connectivity index is 2.41. The van der Waals surface area contributed by atoms with Gasteiger partial charge >= 0.3 is 0 Å². The quantitative estimate of drug-likeness (QED) is 0.667. The van der Waals surface area contributed by atoms with Gasteiger partial charge in [0.2, 0.25) is 0 Å². The second kappa shape index (κ2) is 3.01. The summed E-state index contributed by atoms with van der Waals surface area (Å²) >= 11 is 0. The fraction of sp³-hybridized carbons (Fsp3) is 0. The second-order valence-electron chi connectivity index (χ2n) is 2.69. The summed E-state index contributed by atoms with van der Waals surface area (Å²) in [7, 11) is 0. The third kappa shape index (κ3) is 1.59. The van der Waals surface area contributed by atoms with E-state index in [1.165, 1.54) is 12.1 Å². The van der Waals surface area contributed by atoms with Crippen LogP contribution in [0.15, 0.2) is 34.9 Å². The Labute approximate surface area is 75.0 Å². The maximum Gasteiger partial charge on any atom is 0.137 e. The molecule has 2 aromatic rings. The van der Waals surface area contributed by atoms with E-state index in [0.717, 1.165) is 5.56 Å². The summed E-state index contributed by atoms with van der Waals surface area (Å²) in [6.07, 6.45) is 0. The average Bonchev–Trinajstić information content (AvgIpc) is 2.53. The van der Waals surface area contributed by atoms with E-state index in [2.05, 4.69) is 12.1 Å². The lowest BCUT2D eigenvalue weighted by atomic mass is 10.1. The molecule has 0 aliphatic heterocycles. The molecule has 1 aromatic carbocycles. The molecule has 0 fully saturated rings. The smallest absolute Gasteiger partial charge is 0.137 e. The van der Waals surface area contributed by atoms with Crippen molar-refractivity contribution in [2.75, 3.05) is 0 Å². The lowest BCUT2D eigenvalue weighted by molar-refractivity contribution is 0.409. The molecule has 0 unspecified atom stereocenters. The lowest BCUT2D eigenvalue weighted by Gasteiger charge is -1.93. The van der Waals surface area contributed by atoms with Crippen LogP contribution >= 0.6 is 0 Å². The number of hydrogen-bond acceptors (Lipinski definition) is 2. The van der Waals surface area contributed by atoms with E-state index in [4.69, 9.17) is 4.52 Å². The number of nitrogens with zero attached hydrogens (tertiary/aromatic N) is 1. The van der Waals surface area contributed by atoms with Crippen LogP contribution in [0.4, 0.5) is 4.39 Å². The maximum atomic E-state index is 12.6. The van der Waals surface area contributed by atoms with Crippen molar-refractivity contribution in [3.05, 3.63) is 48.8 Å². The van der Waals surface area contributed by atoms with E-state index in [-0.39, 0.29) is 5.82 Å². The Hall–Kier alpha value is -1.64. The van der Waals surface area contributed by atoms with Crippen molar-refractivity contribution in [1.82, 2.24) is 5.16 Å². The molecule has 0 aliphatic rings. The van der Waals surface area contributed by atoms with Crippen LogP contribution in [-0.2, 0) is 0 Å². The highest BCUT2D eigenvalue weighted by molar-refractivity contribution is 5.58. The predicted molar refractivity (Wildman–Crippen MR) is 46.4 cm³/mol. The SMILES string of the molecule is [CH2]c1cc(-c2ccc(F)cc2)no1. The normalized spacial score (nSPS) is 10.3. The molecule has 65 valence electrons. The van der Waals surface area contributed by atoms with Gasteiger partial charge in [-0.05, 0) is 24.3 Å². The number of hydrogen-bond donors (Lipinski definition) is 0. The summed E-state index contributed by atoms with van der Waals surface area (Å²) in [4.78, 5) is 0. The number of benzene rings is 1. The highest BCUT2D eigenvalue weighted by Crippen LogP contribution is 2.18. The zero-order valence-electron chi connectivity index (χ0n) is 6.83. The Morgan fingerprint density at radius 1 is 1.23 bits per heavy atom. The van der Waals surface area contributed by atoms with Crippen LogP contribution < -0.4 is 0 Å². The molecule has 0 atom stereocenters. The van der Waals surface area contributed by atoms with E-state index in [1.807, 2.05) is 0 Å². The third-order valence-electron chi connectivity index (χ3n) is 1.70. The topological polar surface area (TPSA) is 26.0 Å². The molecular formula is C10H7FNO. The van der Waals surface area contributed by atoms with Gasteiger partial charge in [-0.3, -0.25) is 0 Å². The van der Waals surface area contributed by atoms with Crippen molar-refractivity contribution >= 4 is 0 Å². The molecule has 1 radical (unpaired) electrons. The largest absolute Gasteiger partial charge is 0.361 e. The average molecular weight is 176 g/mol. The summed E-state index contributed by atoms with van der Waals surface area (Å²) < 4.78 is 17.3. The minimum Gasteiger partial charge on any atom is -0.361 e. The summed E-state index contributed by atoms with van der Waals surface area (Å²) in [5.41, 5.74) is 1.49. The highest BCUT2D eigenvalue weighted by atomic mass is 19.1. The van der Waals surface area contributed by atoms with Crippen molar-refractivity contribution in [2.24, 2.45) is 0 Å². The molecule has 1 heterocycles. The van der Waals surface area contributed by atoms with Crippen LogP contribution in [0.1, 0.15) is 5.76 Å². The van der Waals surface area contributed by atoms with Crippen molar-refractivity contribution in [2.45, 2.75) is 0 Å². The first-order chi connectivity index (χ1) is 6.25. The summed E-state index contributed by atoms with van der Waals surface area (Å²) in [5.74, 6) is 0.237. The molecule has 2 nitrogen and oxygen atoms in total. The number of halogens is 1. The fourth-order valence-corrected chi connectivity index (χ4v) is 1.07. The summed E-state index contributed by atoms with van der Waals surface area (Å²) in [6.45, 7) is 3.58. The second-order valence-corrected chi connectivity index (χ2v) is 2.69. The number of aromatic nitrogens is 1. The monoisotopic (exact) mass is 176 g/mol. The molecule has 0 spiro atoms. The fourth-order valence-electron chi connectivity index (χ4n) is 1.07. The maximum absolute atomic E-state index is 12.6. The predicted octanol–water partition coefficient (Wildman–Crippen LogP) is 2.66. The van der Waals surface area contributed by atoms with Crippen molar-refractivity contribution in [3.63, 3.8) is 0 Å². The molecule has 0 amide bonds. The molecule has 3 heteroatoms.